The van der Waals surface area contributed by atoms with Gasteiger partial charge in [0.25, 0.3) is 0 Å². The molecule has 2 rings (SSSR count). The second kappa shape index (κ2) is 6.90. The molecule has 5 heteroatoms. The van der Waals surface area contributed by atoms with Crippen molar-refractivity contribution in [3.63, 3.8) is 0 Å². The highest BCUT2D eigenvalue weighted by Crippen LogP contribution is 2.49. The molecule has 4 nitrogen and oxygen atoms in total. The molecule has 0 aliphatic heterocycles. The first-order valence-corrected chi connectivity index (χ1v) is 9.29. The van der Waals surface area contributed by atoms with Crippen LogP contribution in [0.3, 0.4) is 0 Å². The predicted molar refractivity (Wildman–Crippen MR) is 85.6 cm³/mol. The summed E-state index contributed by atoms with van der Waals surface area (Å²) in [6, 6.07) is 7.12. The zero-order valence-electron chi connectivity index (χ0n) is 13.0. The van der Waals surface area contributed by atoms with E-state index in [1.165, 1.54) is 0 Å². The molecule has 1 fully saturated rings. The number of nitrogens with one attached hydrogen (secondary N) is 2. The Balaban J connectivity index is 1.96. The van der Waals surface area contributed by atoms with E-state index in [2.05, 4.69) is 17.0 Å². The van der Waals surface area contributed by atoms with Gasteiger partial charge in [-0.25, -0.2) is 13.1 Å². The molecule has 2 N–H and O–H groups in total. The lowest BCUT2D eigenvalue weighted by atomic mass is 10.0. The Kier molecular flexibility index (Phi) is 5.41. The molecule has 0 radical (unpaired) electrons. The van der Waals surface area contributed by atoms with Crippen LogP contribution in [0.25, 0.3) is 0 Å². The largest absolute Gasteiger partial charge is 0.313 e. The topological polar surface area (TPSA) is 58.2 Å². The monoisotopic (exact) mass is 310 g/mol. The van der Waals surface area contributed by atoms with E-state index < -0.39 is 10.0 Å². The lowest BCUT2D eigenvalue weighted by Gasteiger charge is -2.15. The molecule has 0 amide bonds. The summed E-state index contributed by atoms with van der Waals surface area (Å²) in [6.45, 7) is 6.44. The molecule has 118 valence electrons. The fraction of sp³-hybridized carbons (Fsp3) is 0.625. The van der Waals surface area contributed by atoms with Crippen molar-refractivity contribution in [3.8, 4) is 0 Å². The van der Waals surface area contributed by atoms with Crippen molar-refractivity contribution in [2.75, 3.05) is 13.1 Å². The van der Waals surface area contributed by atoms with E-state index in [1.54, 1.807) is 12.1 Å². The second-order valence-corrected chi connectivity index (χ2v) is 7.77. The van der Waals surface area contributed by atoms with Gasteiger partial charge in [-0.2, -0.15) is 0 Å². The molecule has 0 heterocycles. The molecular formula is C16H26N2O2S. The summed E-state index contributed by atoms with van der Waals surface area (Å²) in [5, 5.41) is 3.23. The van der Waals surface area contributed by atoms with Gasteiger partial charge in [0.15, 0.2) is 0 Å². The summed E-state index contributed by atoms with van der Waals surface area (Å²) in [4.78, 5) is 0.357. The summed E-state index contributed by atoms with van der Waals surface area (Å²) < 4.78 is 27.4. The molecule has 0 spiro atoms. The van der Waals surface area contributed by atoms with Crippen molar-refractivity contribution in [2.45, 2.75) is 51.0 Å². The van der Waals surface area contributed by atoms with Crippen LogP contribution in [0.15, 0.2) is 29.2 Å². The summed E-state index contributed by atoms with van der Waals surface area (Å²) in [6.07, 6.45) is 4.51. The van der Waals surface area contributed by atoms with Gasteiger partial charge >= 0.3 is 0 Å². The smallest absolute Gasteiger partial charge is 0.240 e. The van der Waals surface area contributed by atoms with Crippen LogP contribution in [0.5, 0.6) is 0 Å². The van der Waals surface area contributed by atoms with Gasteiger partial charge in [0.1, 0.15) is 0 Å². The van der Waals surface area contributed by atoms with Crippen LogP contribution in [0, 0.1) is 5.41 Å². The van der Waals surface area contributed by atoms with Gasteiger partial charge in [0, 0.05) is 13.1 Å². The first kappa shape index (κ1) is 16.5. The van der Waals surface area contributed by atoms with Gasteiger partial charge < -0.3 is 5.32 Å². The van der Waals surface area contributed by atoms with Gasteiger partial charge in [0.05, 0.1) is 4.90 Å². The van der Waals surface area contributed by atoms with E-state index in [9.17, 15) is 8.42 Å². The van der Waals surface area contributed by atoms with Crippen LogP contribution in [-0.2, 0) is 16.6 Å². The third-order valence-electron chi connectivity index (χ3n) is 4.19. The highest BCUT2D eigenvalue weighted by atomic mass is 32.2. The first-order chi connectivity index (χ1) is 10.0. The molecule has 1 aromatic rings. The van der Waals surface area contributed by atoms with E-state index in [4.69, 9.17) is 0 Å². The molecule has 1 saturated carbocycles. The second-order valence-electron chi connectivity index (χ2n) is 6.00. The Morgan fingerprint density at radius 1 is 1.14 bits per heavy atom. The number of benzene rings is 1. The van der Waals surface area contributed by atoms with Crippen LogP contribution in [0.1, 0.15) is 45.1 Å². The van der Waals surface area contributed by atoms with Crippen molar-refractivity contribution >= 4 is 10.0 Å². The zero-order valence-corrected chi connectivity index (χ0v) is 13.8. The summed E-state index contributed by atoms with van der Waals surface area (Å²) >= 11 is 0. The number of hydrogen-bond acceptors (Lipinski definition) is 3. The Morgan fingerprint density at radius 2 is 1.81 bits per heavy atom. The average Bonchev–Trinajstić information content (AvgIpc) is 3.24. The van der Waals surface area contributed by atoms with E-state index in [0.29, 0.717) is 11.4 Å². The van der Waals surface area contributed by atoms with Crippen molar-refractivity contribution in [1.29, 1.82) is 0 Å². The quantitative estimate of drug-likeness (QED) is 0.737. The van der Waals surface area contributed by atoms with E-state index >= 15 is 0 Å². The normalized spacial score (nSPS) is 16.9. The fourth-order valence-corrected chi connectivity index (χ4v) is 3.77. The van der Waals surface area contributed by atoms with E-state index in [0.717, 1.165) is 44.3 Å². The minimum absolute atomic E-state index is 0.229. The zero-order chi connectivity index (χ0) is 15.3. The summed E-state index contributed by atoms with van der Waals surface area (Å²) in [5.74, 6) is 0. The lowest BCUT2D eigenvalue weighted by Crippen LogP contribution is -2.30. The summed E-state index contributed by atoms with van der Waals surface area (Å²) in [7, 11) is -3.38. The first-order valence-electron chi connectivity index (χ1n) is 7.81. The molecule has 21 heavy (non-hydrogen) atoms. The minimum Gasteiger partial charge on any atom is -0.313 e. The third-order valence-corrected chi connectivity index (χ3v) is 5.60. The van der Waals surface area contributed by atoms with Gasteiger partial charge in [-0.05, 0) is 48.9 Å². The molecule has 1 aliphatic rings. The number of rotatable bonds is 9. The van der Waals surface area contributed by atoms with Crippen LogP contribution in [-0.4, -0.2) is 21.5 Å². The number of sulfonamides is 1. The minimum atomic E-state index is -3.38. The molecule has 0 aromatic heterocycles. The Hall–Kier alpha value is -0.910. The van der Waals surface area contributed by atoms with Crippen molar-refractivity contribution in [1.82, 2.24) is 10.0 Å². The van der Waals surface area contributed by atoms with Crippen molar-refractivity contribution in [2.24, 2.45) is 5.41 Å². The SMILES string of the molecule is CCCC1(CNS(=O)(=O)c2ccc(CNCC)cc2)CC1. The van der Waals surface area contributed by atoms with E-state index in [-0.39, 0.29) is 5.41 Å². The fourth-order valence-electron chi connectivity index (χ4n) is 2.61. The van der Waals surface area contributed by atoms with Crippen molar-refractivity contribution < 1.29 is 8.42 Å². The molecule has 0 atom stereocenters. The maximum absolute atomic E-state index is 12.3. The van der Waals surface area contributed by atoms with Crippen molar-refractivity contribution in [3.05, 3.63) is 29.8 Å². The summed E-state index contributed by atoms with van der Waals surface area (Å²) in [5.41, 5.74) is 1.33. The maximum Gasteiger partial charge on any atom is 0.240 e. The van der Waals surface area contributed by atoms with E-state index in [1.807, 2.05) is 19.1 Å². The maximum atomic E-state index is 12.3. The molecule has 1 aliphatic carbocycles. The van der Waals surface area contributed by atoms with Gasteiger partial charge in [-0.3, -0.25) is 0 Å². The Morgan fingerprint density at radius 3 is 2.33 bits per heavy atom. The highest BCUT2D eigenvalue weighted by molar-refractivity contribution is 7.89. The standard InChI is InChI=1S/C16H26N2O2S/c1-3-9-16(10-11-16)13-18-21(19,20)15-7-5-14(6-8-15)12-17-4-2/h5-8,17-18H,3-4,9-13H2,1-2H3. The molecule has 0 unspecified atom stereocenters. The number of hydrogen-bond donors (Lipinski definition) is 2. The van der Waals surface area contributed by atoms with Gasteiger partial charge in [-0.1, -0.05) is 32.4 Å². The van der Waals surface area contributed by atoms with Crippen LogP contribution < -0.4 is 10.0 Å². The predicted octanol–water partition coefficient (Wildman–Crippen LogP) is 2.65. The van der Waals surface area contributed by atoms with Crippen LogP contribution in [0.4, 0.5) is 0 Å². The third kappa shape index (κ3) is 4.53. The lowest BCUT2D eigenvalue weighted by molar-refractivity contribution is 0.449. The van der Waals surface area contributed by atoms with Crippen LogP contribution in [0.2, 0.25) is 0 Å². The molecule has 1 aromatic carbocycles. The Bertz CT molecular complexity index is 548. The molecular weight excluding hydrogens is 284 g/mol. The van der Waals surface area contributed by atoms with Gasteiger partial charge in [0.2, 0.25) is 10.0 Å². The van der Waals surface area contributed by atoms with Crippen LogP contribution >= 0.6 is 0 Å². The average molecular weight is 310 g/mol. The molecule has 0 saturated heterocycles. The highest BCUT2D eigenvalue weighted by Gasteiger charge is 2.42. The Labute approximate surface area is 128 Å². The molecule has 0 bridgehead atoms. The van der Waals surface area contributed by atoms with Gasteiger partial charge in [-0.15, -0.1) is 0 Å².